The van der Waals surface area contributed by atoms with Gasteiger partial charge < -0.3 is 10.6 Å². The zero-order chi connectivity index (χ0) is 18.5. The maximum Gasteiger partial charge on any atom is 0.175 e. The molecule has 0 bridgehead atoms. The molecule has 0 atom stereocenters. The molecule has 0 aliphatic heterocycles. The summed E-state index contributed by atoms with van der Waals surface area (Å²) in [5, 5.41) is 8.33. The molecule has 7 heteroatoms. The van der Waals surface area contributed by atoms with Crippen LogP contribution in [0.15, 0.2) is 76.5 Å². The van der Waals surface area contributed by atoms with Crippen LogP contribution in [0.25, 0.3) is 0 Å². The minimum Gasteiger partial charge on any atom is -0.332 e. The van der Waals surface area contributed by atoms with Gasteiger partial charge in [0.1, 0.15) is 0 Å². The Balaban J connectivity index is 1.74. The van der Waals surface area contributed by atoms with Crippen molar-refractivity contribution in [2.75, 3.05) is 10.6 Å². The van der Waals surface area contributed by atoms with Gasteiger partial charge in [-0.25, -0.2) is 0 Å². The maximum absolute atomic E-state index is 6.19. The molecule has 0 spiro atoms. The molecule has 3 rings (SSSR count). The third-order valence-electron chi connectivity index (χ3n) is 3.38. The van der Waals surface area contributed by atoms with Crippen LogP contribution in [0.3, 0.4) is 0 Å². The van der Waals surface area contributed by atoms with Crippen LogP contribution in [0.5, 0.6) is 0 Å². The lowest BCUT2D eigenvalue weighted by molar-refractivity contribution is 1.40. The van der Waals surface area contributed by atoms with E-state index in [4.69, 9.17) is 47.0 Å². The Morgan fingerprint density at radius 3 is 2.19 bits per heavy atom. The van der Waals surface area contributed by atoms with E-state index in [1.54, 1.807) is 17.8 Å². The Hall–Kier alpha value is -1.43. The first-order valence-corrected chi connectivity index (χ1v) is 9.93. The van der Waals surface area contributed by atoms with Crippen LogP contribution in [-0.2, 0) is 0 Å². The summed E-state index contributed by atoms with van der Waals surface area (Å²) in [7, 11) is 0. The number of hydrogen-bond acceptors (Lipinski definition) is 2. The molecule has 0 fully saturated rings. The topological polar surface area (TPSA) is 24.1 Å². The first kappa shape index (κ1) is 19.3. The van der Waals surface area contributed by atoms with Gasteiger partial charge >= 0.3 is 0 Å². The minimum atomic E-state index is 0.429. The number of benzene rings is 3. The van der Waals surface area contributed by atoms with E-state index in [0.29, 0.717) is 25.9 Å². The number of para-hydroxylation sites is 1. The van der Waals surface area contributed by atoms with Gasteiger partial charge in [0, 0.05) is 14.8 Å². The van der Waals surface area contributed by atoms with Crippen LogP contribution >= 0.6 is 58.8 Å². The molecule has 2 N–H and O–H groups in total. The van der Waals surface area contributed by atoms with Crippen molar-refractivity contribution in [2.24, 2.45) is 0 Å². The predicted molar refractivity (Wildman–Crippen MR) is 118 cm³/mol. The van der Waals surface area contributed by atoms with Gasteiger partial charge in [0.25, 0.3) is 0 Å². The summed E-state index contributed by atoms with van der Waals surface area (Å²) in [6.07, 6.45) is 0. The number of hydrogen-bond donors (Lipinski definition) is 2. The van der Waals surface area contributed by atoms with Crippen molar-refractivity contribution < 1.29 is 0 Å². The molecule has 132 valence electrons. The van der Waals surface area contributed by atoms with Crippen molar-refractivity contribution in [3.8, 4) is 0 Å². The first-order chi connectivity index (χ1) is 12.5. The maximum atomic E-state index is 6.19. The van der Waals surface area contributed by atoms with E-state index in [1.165, 1.54) is 0 Å². The van der Waals surface area contributed by atoms with Crippen LogP contribution in [0.1, 0.15) is 0 Å². The Bertz CT molecular complexity index is 930. The number of rotatable bonds is 4. The van der Waals surface area contributed by atoms with E-state index < -0.39 is 0 Å². The fraction of sp³-hybridized carbons (Fsp3) is 0. The zero-order valence-electron chi connectivity index (χ0n) is 13.3. The number of thiocarbonyl (C=S) groups is 1. The standard InChI is InChI=1S/C19H13Cl3N2S2/c20-12-8-10-13(11-9-12)26-17-7-2-1-5-15(17)23-19(25)24-16-6-3-4-14(21)18(16)22/h1-11H,(H2,23,24,25). The Kier molecular flexibility index (Phi) is 6.68. The molecular weight excluding hydrogens is 427 g/mol. The van der Waals surface area contributed by atoms with E-state index in [-0.39, 0.29) is 0 Å². The minimum absolute atomic E-state index is 0.429. The third-order valence-corrected chi connectivity index (χ3v) is 5.74. The highest BCUT2D eigenvalue weighted by Gasteiger charge is 2.09. The number of nitrogens with one attached hydrogen (secondary N) is 2. The molecule has 0 aliphatic rings. The summed E-state index contributed by atoms with van der Waals surface area (Å²) in [5.74, 6) is 0. The summed E-state index contributed by atoms with van der Waals surface area (Å²) in [6, 6.07) is 21.0. The monoisotopic (exact) mass is 438 g/mol. The molecule has 0 radical (unpaired) electrons. The summed E-state index contributed by atoms with van der Waals surface area (Å²) in [6.45, 7) is 0. The van der Waals surface area contributed by atoms with Gasteiger partial charge in [-0.15, -0.1) is 0 Å². The molecule has 0 aliphatic carbocycles. The highest BCUT2D eigenvalue weighted by Crippen LogP contribution is 2.34. The SMILES string of the molecule is S=C(Nc1ccccc1Sc1ccc(Cl)cc1)Nc1cccc(Cl)c1Cl. The van der Waals surface area contributed by atoms with Gasteiger partial charge in [-0.1, -0.05) is 64.8 Å². The van der Waals surface area contributed by atoms with E-state index in [0.717, 1.165) is 15.5 Å². The largest absolute Gasteiger partial charge is 0.332 e. The summed E-state index contributed by atoms with van der Waals surface area (Å²) < 4.78 is 0. The molecule has 0 saturated heterocycles. The third kappa shape index (κ3) is 5.06. The van der Waals surface area contributed by atoms with E-state index in [2.05, 4.69) is 10.6 Å². The van der Waals surface area contributed by atoms with Crippen molar-refractivity contribution >= 4 is 75.3 Å². The van der Waals surface area contributed by atoms with Crippen molar-refractivity contribution in [3.05, 3.63) is 81.8 Å². The molecule has 0 saturated carbocycles. The van der Waals surface area contributed by atoms with Gasteiger partial charge in [0.15, 0.2) is 5.11 Å². The van der Waals surface area contributed by atoms with E-state index >= 15 is 0 Å². The van der Waals surface area contributed by atoms with Crippen LogP contribution in [-0.4, -0.2) is 5.11 Å². The van der Waals surface area contributed by atoms with E-state index in [1.807, 2.05) is 60.7 Å². The van der Waals surface area contributed by atoms with Gasteiger partial charge in [-0.05, 0) is 60.7 Å². The highest BCUT2D eigenvalue weighted by atomic mass is 35.5. The molecular formula is C19H13Cl3N2S2. The van der Waals surface area contributed by atoms with Crippen molar-refractivity contribution in [1.82, 2.24) is 0 Å². The first-order valence-electron chi connectivity index (χ1n) is 7.57. The molecule has 3 aromatic rings. The van der Waals surface area contributed by atoms with Gasteiger partial charge in [-0.2, -0.15) is 0 Å². The summed E-state index contributed by atoms with van der Waals surface area (Å²) >= 11 is 25.2. The lowest BCUT2D eigenvalue weighted by atomic mass is 10.3. The normalized spacial score (nSPS) is 10.4. The summed E-state index contributed by atoms with van der Waals surface area (Å²) in [5.41, 5.74) is 1.54. The fourth-order valence-corrected chi connectivity index (χ4v) is 3.76. The van der Waals surface area contributed by atoms with Crippen LogP contribution < -0.4 is 10.6 Å². The van der Waals surface area contributed by atoms with Gasteiger partial charge in [0.2, 0.25) is 0 Å². The second-order valence-electron chi connectivity index (χ2n) is 5.23. The quantitative estimate of drug-likeness (QED) is 0.408. The van der Waals surface area contributed by atoms with Crippen LogP contribution in [0, 0.1) is 0 Å². The van der Waals surface area contributed by atoms with E-state index in [9.17, 15) is 0 Å². The lowest BCUT2D eigenvalue weighted by Crippen LogP contribution is -2.19. The zero-order valence-corrected chi connectivity index (χ0v) is 17.2. The van der Waals surface area contributed by atoms with Crippen molar-refractivity contribution in [3.63, 3.8) is 0 Å². The second-order valence-corrected chi connectivity index (χ2v) is 7.98. The van der Waals surface area contributed by atoms with Crippen LogP contribution in [0.4, 0.5) is 11.4 Å². The second kappa shape index (κ2) is 8.98. The van der Waals surface area contributed by atoms with Crippen molar-refractivity contribution in [2.45, 2.75) is 9.79 Å². The molecule has 0 heterocycles. The molecule has 0 amide bonds. The number of anilines is 2. The van der Waals surface area contributed by atoms with Crippen LogP contribution in [0.2, 0.25) is 15.1 Å². The Morgan fingerprint density at radius 1 is 0.769 bits per heavy atom. The van der Waals surface area contributed by atoms with Crippen molar-refractivity contribution in [1.29, 1.82) is 0 Å². The molecule has 0 unspecified atom stereocenters. The smallest absolute Gasteiger partial charge is 0.175 e. The Labute approximate surface area is 176 Å². The Morgan fingerprint density at radius 2 is 1.42 bits per heavy atom. The van der Waals surface area contributed by atoms with Gasteiger partial charge in [0.05, 0.1) is 21.4 Å². The predicted octanol–water partition coefficient (Wildman–Crippen LogP) is 7.61. The molecule has 3 aromatic carbocycles. The average molecular weight is 440 g/mol. The van der Waals surface area contributed by atoms with Gasteiger partial charge in [-0.3, -0.25) is 0 Å². The molecule has 2 nitrogen and oxygen atoms in total. The highest BCUT2D eigenvalue weighted by molar-refractivity contribution is 7.99. The number of halogens is 3. The fourth-order valence-electron chi connectivity index (χ4n) is 2.16. The average Bonchev–Trinajstić information content (AvgIpc) is 2.62. The summed E-state index contributed by atoms with van der Waals surface area (Å²) in [4.78, 5) is 2.12. The molecule has 26 heavy (non-hydrogen) atoms. The lowest BCUT2D eigenvalue weighted by Gasteiger charge is -2.15. The molecule has 0 aromatic heterocycles.